The third-order valence-corrected chi connectivity index (χ3v) is 11.9. The summed E-state index contributed by atoms with van der Waals surface area (Å²) in [6, 6.07) is 33.8. The zero-order valence-electron chi connectivity index (χ0n) is 26.3. The van der Waals surface area contributed by atoms with E-state index in [1.54, 1.807) is 0 Å². The van der Waals surface area contributed by atoms with Gasteiger partial charge in [-0.15, -0.1) is 0 Å². The van der Waals surface area contributed by atoms with E-state index in [2.05, 4.69) is 100 Å². The maximum atomic E-state index is 11.1. The monoisotopic (exact) mass is 570 g/mol. The molecule has 0 spiro atoms. The molecule has 222 valence electrons. The first-order valence-electron chi connectivity index (χ1n) is 16.3. The van der Waals surface area contributed by atoms with Crippen LogP contribution in [0.5, 0.6) is 11.5 Å². The number of phenols is 2. The zero-order valence-corrected chi connectivity index (χ0v) is 26.3. The second kappa shape index (κ2) is 9.74. The van der Waals surface area contributed by atoms with Crippen molar-refractivity contribution in [2.24, 2.45) is 16.2 Å². The van der Waals surface area contributed by atoms with Gasteiger partial charge in [0.1, 0.15) is 11.5 Å². The quantitative estimate of drug-likeness (QED) is 0.242. The van der Waals surface area contributed by atoms with Crippen LogP contribution in [0.3, 0.4) is 0 Å². The van der Waals surface area contributed by atoms with Crippen molar-refractivity contribution in [1.29, 1.82) is 0 Å². The normalized spacial score (nSPS) is 29.6. The second-order valence-corrected chi connectivity index (χ2v) is 15.6. The molecular weight excluding hydrogens is 524 g/mol. The van der Waals surface area contributed by atoms with Crippen molar-refractivity contribution < 1.29 is 10.2 Å². The molecule has 0 radical (unpaired) electrons. The molecule has 4 aliphatic rings. The van der Waals surface area contributed by atoms with Gasteiger partial charge in [0.15, 0.2) is 0 Å². The Balaban J connectivity index is 1.45. The van der Waals surface area contributed by atoms with E-state index in [1.807, 2.05) is 24.3 Å². The molecule has 0 aromatic heterocycles. The lowest BCUT2D eigenvalue weighted by Gasteiger charge is -2.74. The Bertz CT molecular complexity index is 1540. The van der Waals surface area contributed by atoms with Crippen LogP contribution in [-0.4, -0.2) is 10.2 Å². The Kier molecular flexibility index (Phi) is 6.40. The van der Waals surface area contributed by atoms with Crippen molar-refractivity contribution in [2.45, 2.75) is 89.9 Å². The molecular formula is C41H46O2. The highest BCUT2D eigenvalue weighted by atomic mass is 16.3. The molecule has 2 heteroatoms. The highest BCUT2D eigenvalue weighted by Crippen LogP contribution is 2.78. The Labute approximate surface area is 257 Å². The van der Waals surface area contributed by atoms with Crippen molar-refractivity contribution in [3.8, 4) is 33.8 Å². The number of rotatable bonds is 6. The first-order chi connectivity index (χ1) is 20.5. The second-order valence-electron chi connectivity index (χ2n) is 15.6. The van der Waals surface area contributed by atoms with E-state index < -0.39 is 0 Å². The van der Waals surface area contributed by atoms with E-state index in [4.69, 9.17) is 0 Å². The molecule has 0 aliphatic heterocycles. The molecule has 4 saturated carbocycles. The minimum absolute atomic E-state index is 0.0270. The Morgan fingerprint density at radius 2 is 1.05 bits per heavy atom. The third-order valence-electron chi connectivity index (χ3n) is 11.9. The van der Waals surface area contributed by atoms with E-state index >= 15 is 0 Å². The summed E-state index contributed by atoms with van der Waals surface area (Å²) in [5.74, 6) is 0.712. The van der Waals surface area contributed by atoms with Gasteiger partial charge in [-0.2, -0.15) is 0 Å². The van der Waals surface area contributed by atoms with E-state index in [0.717, 1.165) is 28.7 Å². The van der Waals surface area contributed by atoms with E-state index in [0.29, 0.717) is 11.5 Å². The number of hydrogen-bond acceptors (Lipinski definition) is 2. The summed E-state index contributed by atoms with van der Waals surface area (Å²) >= 11 is 0. The molecule has 8 rings (SSSR count). The molecule has 4 fully saturated rings. The van der Waals surface area contributed by atoms with Crippen LogP contribution in [-0.2, 0) is 10.8 Å². The summed E-state index contributed by atoms with van der Waals surface area (Å²) in [4.78, 5) is 0. The van der Waals surface area contributed by atoms with Gasteiger partial charge in [0, 0.05) is 11.1 Å². The van der Waals surface area contributed by atoms with Gasteiger partial charge in [-0.25, -0.2) is 0 Å². The minimum atomic E-state index is 0.0270. The number of hydrogen-bond donors (Lipinski definition) is 2. The first kappa shape index (κ1) is 28.3. The van der Waals surface area contributed by atoms with E-state index in [9.17, 15) is 10.2 Å². The van der Waals surface area contributed by atoms with Gasteiger partial charge in [-0.3, -0.25) is 0 Å². The molecule has 0 saturated heterocycles. The van der Waals surface area contributed by atoms with Gasteiger partial charge in [-0.05, 0) is 119 Å². The van der Waals surface area contributed by atoms with Crippen molar-refractivity contribution in [2.75, 3.05) is 0 Å². The smallest absolute Gasteiger partial charge is 0.123 e. The molecule has 43 heavy (non-hydrogen) atoms. The van der Waals surface area contributed by atoms with Crippen LogP contribution in [0.4, 0.5) is 0 Å². The minimum Gasteiger partial charge on any atom is -0.507 e. The van der Waals surface area contributed by atoms with Crippen LogP contribution in [0.15, 0.2) is 97.1 Å². The van der Waals surface area contributed by atoms with Crippen molar-refractivity contribution in [3.63, 3.8) is 0 Å². The van der Waals surface area contributed by atoms with E-state index in [-0.39, 0.29) is 27.1 Å². The lowest BCUT2D eigenvalue weighted by atomic mass is 9.30. The highest BCUT2D eigenvalue weighted by Gasteiger charge is 2.70. The predicted octanol–water partition coefficient (Wildman–Crippen LogP) is 10.8. The Morgan fingerprint density at radius 3 is 1.47 bits per heavy atom. The summed E-state index contributed by atoms with van der Waals surface area (Å²) in [6.45, 7) is 9.82. The number of phenolic OH excluding ortho intramolecular Hbond substituents is 2. The summed E-state index contributed by atoms with van der Waals surface area (Å²) in [5, 5.41) is 22.1. The molecule has 4 bridgehead atoms. The zero-order chi connectivity index (χ0) is 30.1. The molecule has 4 aliphatic carbocycles. The molecule has 0 amide bonds. The fraction of sp³-hybridized carbons (Fsp3) is 0.415. The molecule has 2 nitrogen and oxygen atoms in total. The van der Waals surface area contributed by atoms with Gasteiger partial charge in [0.05, 0.1) is 0 Å². The van der Waals surface area contributed by atoms with Crippen LogP contribution in [0, 0.1) is 16.2 Å². The maximum absolute atomic E-state index is 11.1. The summed E-state index contributed by atoms with van der Waals surface area (Å²) < 4.78 is 0. The largest absolute Gasteiger partial charge is 0.507 e. The van der Waals surface area contributed by atoms with Crippen molar-refractivity contribution >= 4 is 0 Å². The maximum Gasteiger partial charge on any atom is 0.123 e. The predicted molar refractivity (Wildman–Crippen MR) is 177 cm³/mol. The van der Waals surface area contributed by atoms with Crippen LogP contribution < -0.4 is 0 Å². The van der Waals surface area contributed by atoms with Crippen LogP contribution in [0.2, 0.25) is 0 Å². The summed E-state index contributed by atoms with van der Waals surface area (Å²) in [6.07, 6.45) is 9.68. The van der Waals surface area contributed by atoms with Crippen LogP contribution >= 0.6 is 0 Å². The number of aromatic hydroxyl groups is 2. The van der Waals surface area contributed by atoms with Gasteiger partial charge in [0.2, 0.25) is 0 Å². The average Bonchev–Trinajstić information content (AvgIpc) is 2.97. The van der Waals surface area contributed by atoms with Crippen molar-refractivity contribution in [3.05, 3.63) is 108 Å². The van der Waals surface area contributed by atoms with Gasteiger partial charge in [0.25, 0.3) is 0 Å². The molecule has 4 aromatic carbocycles. The van der Waals surface area contributed by atoms with Gasteiger partial charge in [-0.1, -0.05) is 107 Å². The van der Waals surface area contributed by atoms with E-state index in [1.165, 1.54) is 56.1 Å². The highest BCUT2D eigenvalue weighted by molar-refractivity contribution is 5.72. The molecule has 4 aromatic rings. The third kappa shape index (κ3) is 4.43. The number of benzene rings is 4. The van der Waals surface area contributed by atoms with Crippen molar-refractivity contribution in [1.82, 2.24) is 0 Å². The first-order valence-corrected chi connectivity index (χ1v) is 16.3. The lowest BCUT2D eigenvalue weighted by molar-refractivity contribution is -0.185. The topological polar surface area (TPSA) is 40.5 Å². The molecule has 2 unspecified atom stereocenters. The van der Waals surface area contributed by atoms with Gasteiger partial charge < -0.3 is 10.2 Å². The molecule has 2 N–H and O–H groups in total. The summed E-state index contributed by atoms with van der Waals surface area (Å²) in [7, 11) is 0. The SMILES string of the molecule is CCCC12CC3(c4ccc(O)c(-c5ccccc5)c4)CC(c4ccc(O)c(-c5ccccc5)c4)(C1)CC(C(C)(C)C)(C2)C3. The lowest BCUT2D eigenvalue weighted by Crippen LogP contribution is -2.67. The Hall–Kier alpha value is -3.52. The average molecular weight is 571 g/mol. The Morgan fingerprint density at radius 1 is 0.581 bits per heavy atom. The van der Waals surface area contributed by atoms with Crippen LogP contribution in [0.1, 0.15) is 90.2 Å². The molecule has 0 heterocycles. The fourth-order valence-corrected chi connectivity index (χ4v) is 10.5. The van der Waals surface area contributed by atoms with Gasteiger partial charge >= 0.3 is 0 Å². The standard InChI is InChI=1S/C41H46O2/c1-5-20-38-23-39(31-16-18-35(42)33(21-31)29-12-8-6-9-13-29)26-40(24-38,28-41(25-38,27-39)37(2,3)4)32-17-19-36(43)34(22-32)30-14-10-7-11-15-30/h6-19,21-22,42-43H,5,20,23-28H2,1-4H3. The summed E-state index contributed by atoms with van der Waals surface area (Å²) in [5.41, 5.74) is 7.48. The molecule has 2 atom stereocenters. The fourth-order valence-electron chi connectivity index (χ4n) is 10.5. The van der Waals surface area contributed by atoms with Crippen LogP contribution in [0.25, 0.3) is 22.3 Å².